The van der Waals surface area contributed by atoms with E-state index in [0.717, 1.165) is 31.7 Å². The fourth-order valence-electron chi connectivity index (χ4n) is 2.45. The summed E-state index contributed by atoms with van der Waals surface area (Å²) in [5.41, 5.74) is 0.932. The molecule has 0 aliphatic carbocycles. The zero-order valence-corrected chi connectivity index (χ0v) is 11.5. The largest absolute Gasteiger partial charge is 0.493 e. The van der Waals surface area contributed by atoms with Crippen molar-refractivity contribution < 1.29 is 13.9 Å². The number of piperazine rings is 1. The van der Waals surface area contributed by atoms with Crippen molar-refractivity contribution in [1.82, 2.24) is 10.2 Å². The zero-order valence-electron chi connectivity index (χ0n) is 11.5. The Bertz CT molecular complexity index is 408. The van der Waals surface area contributed by atoms with Crippen LogP contribution in [-0.4, -0.2) is 52.0 Å². The number of alkyl halides is 1. The van der Waals surface area contributed by atoms with E-state index < -0.39 is 6.67 Å². The van der Waals surface area contributed by atoms with Crippen molar-refractivity contribution >= 4 is 0 Å². The Labute approximate surface area is 113 Å². The molecule has 1 saturated heterocycles. The van der Waals surface area contributed by atoms with Gasteiger partial charge in [0.1, 0.15) is 6.67 Å². The summed E-state index contributed by atoms with van der Waals surface area (Å²) in [7, 11) is 3.19. The molecule has 0 amide bonds. The molecule has 2 rings (SSSR count). The van der Waals surface area contributed by atoms with Crippen molar-refractivity contribution in [1.29, 1.82) is 0 Å². The Hall–Kier alpha value is -1.33. The summed E-state index contributed by atoms with van der Waals surface area (Å²) >= 11 is 0. The highest BCUT2D eigenvalue weighted by molar-refractivity contribution is 5.43. The molecule has 0 aromatic heterocycles. The quantitative estimate of drug-likeness (QED) is 0.880. The van der Waals surface area contributed by atoms with Crippen LogP contribution in [0.15, 0.2) is 18.2 Å². The van der Waals surface area contributed by atoms with Gasteiger partial charge in [-0.2, -0.15) is 0 Å². The van der Waals surface area contributed by atoms with Gasteiger partial charge in [0.25, 0.3) is 0 Å². The van der Waals surface area contributed by atoms with Crippen molar-refractivity contribution in [3.8, 4) is 11.5 Å². The lowest BCUT2D eigenvalue weighted by molar-refractivity contribution is 0.147. The molecule has 0 spiro atoms. The smallest absolute Gasteiger partial charge is 0.161 e. The lowest BCUT2D eigenvalue weighted by atomic mass is 10.0. The summed E-state index contributed by atoms with van der Waals surface area (Å²) in [6, 6.07) is 5.40. The monoisotopic (exact) mass is 268 g/mol. The summed E-state index contributed by atoms with van der Waals surface area (Å²) in [4.78, 5) is 2.16. The first-order valence-corrected chi connectivity index (χ1v) is 6.52. The van der Waals surface area contributed by atoms with Crippen molar-refractivity contribution in [2.24, 2.45) is 0 Å². The Morgan fingerprint density at radius 3 is 2.47 bits per heavy atom. The Balaban J connectivity index is 2.22. The van der Waals surface area contributed by atoms with Crippen LogP contribution in [0.4, 0.5) is 4.39 Å². The molecule has 1 N–H and O–H groups in total. The lowest BCUT2D eigenvalue weighted by Gasteiger charge is -2.33. The molecule has 1 aliphatic rings. The standard InChI is InChI=1S/C14H21FN2O2/c1-18-13-4-3-11(9-14(13)19-2)12(10-15)17-7-5-16-6-8-17/h3-4,9,12,16H,5-8,10H2,1-2H3/t12-/m1/s1. The Morgan fingerprint density at radius 2 is 1.89 bits per heavy atom. The third kappa shape index (κ3) is 3.16. The zero-order chi connectivity index (χ0) is 13.7. The number of halogens is 1. The average molecular weight is 268 g/mol. The van der Waals surface area contributed by atoms with Gasteiger partial charge in [0.15, 0.2) is 11.5 Å². The molecule has 5 heteroatoms. The molecule has 19 heavy (non-hydrogen) atoms. The second-order valence-electron chi connectivity index (χ2n) is 4.57. The summed E-state index contributed by atoms with van der Waals surface area (Å²) in [6.07, 6.45) is 0. The highest BCUT2D eigenvalue weighted by Gasteiger charge is 2.23. The number of nitrogens with zero attached hydrogens (tertiary/aromatic N) is 1. The summed E-state index contributed by atoms with van der Waals surface area (Å²) in [6.45, 7) is 3.15. The van der Waals surface area contributed by atoms with Crippen LogP contribution in [0.2, 0.25) is 0 Å². The number of methoxy groups -OCH3 is 2. The van der Waals surface area contributed by atoms with Gasteiger partial charge in [-0.1, -0.05) is 6.07 Å². The van der Waals surface area contributed by atoms with E-state index in [4.69, 9.17) is 9.47 Å². The van der Waals surface area contributed by atoms with Gasteiger partial charge < -0.3 is 14.8 Å². The van der Waals surface area contributed by atoms with Crippen LogP contribution in [0.1, 0.15) is 11.6 Å². The average Bonchev–Trinajstić information content (AvgIpc) is 2.49. The fourth-order valence-corrected chi connectivity index (χ4v) is 2.45. The van der Waals surface area contributed by atoms with Gasteiger partial charge in [0.2, 0.25) is 0 Å². The number of rotatable bonds is 5. The number of ether oxygens (including phenoxy) is 2. The van der Waals surface area contributed by atoms with Gasteiger partial charge in [0, 0.05) is 26.2 Å². The van der Waals surface area contributed by atoms with Crippen LogP contribution in [-0.2, 0) is 0 Å². The molecule has 1 fully saturated rings. The van der Waals surface area contributed by atoms with E-state index in [1.54, 1.807) is 14.2 Å². The van der Waals surface area contributed by atoms with E-state index in [1.165, 1.54) is 0 Å². The predicted molar refractivity (Wildman–Crippen MR) is 72.7 cm³/mol. The summed E-state index contributed by atoms with van der Waals surface area (Å²) in [5, 5.41) is 3.28. The molecule has 0 unspecified atom stereocenters. The first-order chi connectivity index (χ1) is 9.30. The number of nitrogens with one attached hydrogen (secondary N) is 1. The molecule has 0 radical (unpaired) electrons. The molecule has 1 atom stereocenters. The third-order valence-corrected chi connectivity index (χ3v) is 3.53. The molecule has 1 aliphatic heterocycles. The first kappa shape index (κ1) is 14.1. The summed E-state index contributed by atoms with van der Waals surface area (Å²) in [5.74, 6) is 1.32. The van der Waals surface area contributed by atoms with E-state index in [2.05, 4.69) is 10.2 Å². The topological polar surface area (TPSA) is 33.7 Å². The Kier molecular flexibility index (Phi) is 4.99. The van der Waals surface area contributed by atoms with Crippen molar-refractivity contribution in [2.45, 2.75) is 6.04 Å². The number of hydrogen-bond donors (Lipinski definition) is 1. The molecule has 106 valence electrons. The number of hydrogen-bond acceptors (Lipinski definition) is 4. The van der Waals surface area contributed by atoms with E-state index in [1.807, 2.05) is 18.2 Å². The predicted octanol–water partition coefficient (Wildman–Crippen LogP) is 1.62. The maximum absolute atomic E-state index is 13.4. The van der Waals surface area contributed by atoms with Gasteiger partial charge in [-0.25, -0.2) is 4.39 Å². The molecule has 0 saturated carbocycles. The molecular weight excluding hydrogens is 247 g/mol. The second kappa shape index (κ2) is 6.73. The molecule has 1 aromatic rings. The van der Waals surface area contributed by atoms with Crippen LogP contribution in [0.5, 0.6) is 11.5 Å². The van der Waals surface area contributed by atoms with Crippen LogP contribution >= 0.6 is 0 Å². The van der Waals surface area contributed by atoms with Crippen molar-refractivity contribution in [3.05, 3.63) is 23.8 Å². The molecule has 1 aromatic carbocycles. The normalized spacial score (nSPS) is 18.1. The van der Waals surface area contributed by atoms with E-state index >= 15 is 0 Å². The number of benzene rings is 1. The van der Waals surface area contributed by atoms with Gasteiger partial charge in [0.05, 0.1) is 20.3 Å². The van der Waals surface area contributed by atoms with Crippen LogP contribution < -0.4 is 14.8 Å². The maximum Gasteiger partial charge on any atom is 0.161 e. The van der Waals surface area contributed by atoms with Crippen molar-refractivity contribution in [2.75, 3.05) is 47.1 Å². The van der Waals surface area contributed by atoms with Gasteiger partial charge >= 0.3 is 0 Å². The minimum absolute atomic E-state index is 0.207. The summed E-state index contributed by atoms with van der Waals surface area (Å²) < 4.78 is 23.9. The lowest BCUT2D eigenvalue weighted by Crippen LogP contribution is -2.45. The van der Waals surface area contributed by atoms with Gasteiger partial charge in [-0.05, 0) is 17.7 Å². The van der Waals surface area contributed by atoms with Crippen LogP contribution in [0, 0.1) is 0 Å². The third-order valence-electron chi connectivity index (χ3n) is 3.53. The van der Waals surface area contributed by atoms with Crippen molar-refractivity contribution in [3.63, 3.8) is 0 Å². The van der Waals surface area contributed by atoms with E-state index in [0.29, 0.717) is 11.5 Å². The van der Waals surface area contributed by atoms with E-state index in [9.17, 15) is 4.39 Å². The maximum atomic E-state index is 13.4. The van der Waals surface area contributed by atoms with Gasteiger partial charge in [-0.3, -0.25) is 4.90 Å². The second-order valence-corrected chi connectivity index (χ2v) is 4.57. The molecule has 1 heterocycles. The molecule has 4 nitrogen and oxygen atoms in total. The minimum Gasteiger partial charge on any atom is -0.493 e. The van der Waals surface area contributed by atoms with Crippen LogP contribution in [0.3, 0.4) is 0 Å². The highest BCUT2D eigenvalue weighted by Crippen LogP contribution is 2.32. The fraction of sp³-hybridized carbons (Fsp3) is 0.571. The molecular formula is C14H21FN2O2. The van der Waals surface area contributed by atoms with Gasteiger partial charge in [-0.15, -0.1) is 0 Å². The molecule has 0 bridgehead atoms. The minimum atomic E-state index is -0.393. The first-order valence-electron chi connectivity index (χ1n) is 6.52. The van der Waals surface area contributed by atoms with Crippen LogP contribution in [0.25, 0.3) is 0 Å². The Morgan fingerprint density at radius 1 is 1.21 bits per heavy atom. The van der Waals surface area contributed by atoms with E-state index in [-0.39, 0.29) is 6.04 Å². The highest BCUT2D eigenvalue weighted by atomic mass is 19.1. The SMILES string of the molecule is COc1ccc([C@@H](CF)N2CCNCC2)cc1OC.